The average Bonchev–Trinajstić information content (AvgIpc) is 2.24. The molecule has 0 aromatic heterocycles. The fraction of sp³-hybridized carbons (Fsp3) is 0.500. The molecule has 0 fully saturated rings. The molecule has 1 N–H and O–H groups in total. The maximum atomic E-state index is 9.39. The van der Waals surface area contributed by atoms with E-state index in [-0.39, 0.29) is 5.75 Å². The third kappa shape index (κ3) is 3.77. The van der Waals surface area contributed by atoms with Crippen molar-refractivity contribution in [3.8, 4) is 5.75 Å². The lowest BCUT2D eigenvalue weighted by atomic mass is 10.2. The van der Waals surface area contributed by atoms with E-state index in [1.54, 1.807) is 13.2 Å². The molecule has 0 saturated heterocycles. The summed E-state index contributed by atoms with van der Waals surface area (Å²) in [7, 11) is 3.77. The Bertz CT molecular complexity index is 344. The topological polar surface area (TPSA) is 32.7 Å². The zero-order valence-corrected chi connectivity index (χ0v) is 11.5. The fourth-order valence-corrected chi connectivity index (χ4v) is 1.89. The molecule has 0 radical (unpaired) electrons. The first-order valence-corrected chi connectivity index (χ1v) is 6.00. The van der Waals surface area contributed by atoms with Crippen molar-refractivity contribution < 1.29 is 9.84 Å². The monoisotopic (exact) mass is 287 g/mol. The van der Waals surface area contributed by atoms with E-state index in [0.717, 1.165) is 23.2 Å². The highest BCUT2D eigenvalue weighted by Gasteiger charge is 2.09. The van der Waals surface area contributed by atoms with E-state index >= 15 is 0 Å². The Morgan fingerprint density at radius 1 is 1.50 bits per heavy atom. The van der Waals surface area contributed by atoms with Gasteiger partial charge in [0.2, 0.25) is 0 Å². The molecule has 0 aliphatic heterocycles. The molecular weight excluding hydrogens is 270 g/mol. The van der Waals surface area contributed by atoms with Gasteiger partial charge in [0.05, 0.1) is 11.1 Å². The molecule has 1 aromatic rings. The van der Waals surface area contributed by atoms with Gasteiger partial charge in [-0.2, -0.15) is 0 Å². The minimum absolute atomic E-state index is 0.274. The van der Waals surface area contributed by atoms with E-state index in [0.29, 0.717) is 6.04 Å². The smallest absolute Gasteiger partial charge is 0.129 e. The molecule has 3 nitrogen and oxygen atoms in total. The zero-order chi connectivity index (χ0) is 12.1. The minimum Gasteiger partial charge on any atom is -0.507 e. The number of halogens is 1. The number of ether oxygens (including phenoxy) is 1. The Hall–Kier alpha value is -0.580. The van der Waals surface area contributed by atoms with Gasteiger partial charge in [0.25, 0.3) is 0 Å². The Labute approximate surface area is 105 Å². The van der Waals surface area contributed by atoms with Crippen molar-refractivity contribution in [2.75, 3.05) is 20.8 Å². The van der Waals surface area contributed by atoms with Crippen LogP contribution < -0.4 is 0 Å². The van der Waals surface area contributed by atoms with Crippen molar-refractivity contribution in [2.24, 2.45) is 0 Å². The largest absolute Gasteiger partial charge is 0.507 e. The lowest BCUT2D eigenvalue weighted by Gasteiger charge is -2.24. The van der Waals surface area contributed by atoms with E-state index in [4.69, 9.17) is 4.74 Å². The number of likely N-dealkylation sites (N-methyl/N-ethyl adjacent to an activating group) is 1. The predicted molar refractivity (Wildman–Crippen MR) is 68.6 cm³/mol. The molecular formula is C12H18BrNO2. The molecule has 0 heterocycles. The number of aromatic hydroxyl groups is 1. The second-order valence-electron chi connectivity index (χ2n) is 4.01. The first kappa shape index (κ1) is 13.5. The van der Waals surface area contributed by atoms with Gasteiger partial charge in [0.1, 0.15) is 5.75 Å². The number of rotatable bonds is 5. The van der Waals surface area contributed by atoms with Gasteiger partial charge in [0.15, 0.2) is 0 Å². The first-order valence-electron chi connectivity index (χ1n) is 5.21. The van der Waals surface area contributed by atoms with E-state index in [1.165, 1.54) is 0 Å². The average molecular weight is 288 g/mol. The highest BCUT2D eigenvalue weighted by atomic mass is 79.9. The van der Waals surface area contributed by atoms with Crippen molar-refractivity contribution >= 4 is 15.9 Å². The van der Waals surface area contributed by atoms with E-state index in [2.05, 4.69) is 34.8 Å². The van der Waals surface area contributed by atoms with E-state index in [9.17, 15) is 5.11 Å². The van der Waals surface area contributed by atoms with Crippen molar-refractivity contribution in [2.45, 2.75) is 19.5 Å². The number of hydrogen-bond donors (Lipinski definition) is 1. The number of benzene rings is 1. The number of phenolic OH excluding ortho intramolecular Hbond substituents is 1. The number of phenols is 1. The molecule has 0 bridgehead atoms. The fourth-order valence-electron chi connectivity index (χ4n) is 1.46. The lowest BCUT2D eigenvalue weighted by Crippen LogP contribution is -2.32. The molecule has 1 rings (SSSR count). The van der Waals surface area contributed by atoms with Gasteiger partial charge in [-0.15, -0.1) is 0 Å². The van der Waals surface area contributed by atoms with E-state index < -0.39 is 0 Å². The molecule has 0 aliphatic carbocycles. The molecule has 0 amide bonds. The van der Waals surface area contributed by atoms with Gasteiger partial charge in [-0.05, 0) is 47.6 Å². The molecule has 1 atom stereocenters. The Balaban J connectivity index is 2.62. The Morgan fingerprint density at radius 2 is 2.19 bits per heavy atom. The first-order chi connectivity index (χ1) is 7.54. The van der Waals surface area contributed by atoms with Crippen LogP contribution in [-0.4, -0.2) is 36.8 Å². The van der Waals surface area contributed by atoms with Gasteiger partial charge in [-0.25, -0.2) is 0 Å². The van der Waals surface area contributed by atoms with Crippen molar-refractivity contribution in [1.29, 1.82) is 0 Å². The third-order valence-electron chi connectivity index (χ3n) is 2.60. The summed E-state index contributed by atoms with van der Waals surface area (Å²) < 4.78 is 5.85. The van der Waals surface area contributed by atoms with Gasteiger partial charge < -0.3 is 9.84 Å². The molecule has 90 valence electrons. The predicted octanol–water partition coefficient (Wildman–Crippen LogP) is 2.62. The standard InChI is InChI=1S/C12H18BrNO2/c1-9(8-16-3)14(2)7-10-4-5-12(15)11(13)6-10/h4-6,9,15H,7-8H2,1-3H3. The van der Waals surface area contributed by atoms with Crippen molar-refractivity contribution in [3.63, 3.8) is 0 Å². The van der Waals surface area contributed by atoms with Crippen LogP contribution in [0.25, 0.3) is 0 Å². The number of methoxy groups -OCH3 is 1. The summed E-state index contributed by atoms with van der Waals surface area (Å²) in [6.45, 7) is 3.68. The minimum atomic E-state index is 0.274. The quantitative estimate of drug-likeness (QED) is 0.904. The lowest BCUT2D eigenvalue weighted by molar-refractivity contribution is 0.112. The summed E-state index contributed by atoms with van der Waals surface area (Å²) in [5, 5.41) is 9.39. The highest BCUT2D eigenvalue weighted by molar-refractivity contribution is 9.10. The SMILES string of the molecule is COCC(C)N(C)Cc1ccc(O)c(Br)c1. The Kier molecular flexibility index (Phi) is 5.25. The van der Waals surface area contributed by atoms with Crippen LogP contribution in [0, 0.1) is 0 Å². The van der Waals surface area contributed by atoms with Crippen molar-refractivity contribution in [3.05, 3.63) is 28.2 Å². The molecule has 0 spiro atoms. The molecule has 16 heavy (non-hydrogen) atoms. The van der Waals surface area contributed by atoms with Crippen LogP contribution >= 0.6 is 15.9 Å². The van der Waals surface area contributed by atoms with Crippen LogP contribution in [0.15, 0.2) is 22.7 Å². The Morgan fingerprint density at radius 3 is 2.75 bits per heavy atom. The summed E-state index contributed by atoms with van der Waals surface area (Å²) in [5.41, 5.74) is 1.16. The van der Waals surface area contributed by atoms with Gasteiger partial charge in [-0.1, -0.05) is 6.07 Å². The van der Waals surface area contributed by atoms with Crippen LogP contribution in [0.5, 0.6) is 5.75 Å². The summed E-state index contributed by atoms with van der Waals surface area (Å²) in [6, 6.07) is 5.94. The number of hydrogen-bond acceptors (Lipinski definition) is 3. The molecule has 1 aromatic carbocycles. The second-order valence-corrected chi connectivity index (χ2v) is 4.86. The van der Waals surface area contributed by atoms with Crippen molar-refractivity contribution in [1.82, 2.24) is 4.90 Å². The zero-order valence-electron chi connectivity index (χ0n) is 9.90. The maximum Gasteiger partial charge on any atom is 0.129 e. The summed E-state index contributed by atoms with van der Waals surface area (Å²) in [5.74, 6) is 0.274. The van der Waals surface area contributed by atoms with Crippen LogP contribution in [-0.2, 0) is 11.3 Å². The third-order valence-corrected chi connectivity index (χ3v) is 3.24. The molecule has 0 saturated carbocycles. The highest BCUT2D eigenvalue weighted by Crippen LogP contribution is 2.24. The summed E-state index contributed by atoms with van der Waals surface area (Å²) in [4.78, 5) is 2.21. The molecule has 0 aliphatic rings. The molecule has 4 heteroatoms. The van der Waals surface area contributed by atoms with E-state index in [1.807, 2.05) is 12.1 Å². The normalized spacial score (nSPS) is 13.1. The number of nitrogens with zero attached hydrogens (tertiary/aromatic N) is 1. The van der Waals surface area contributed by atoms with Crippen LogP contribution in [0.4, 0.5) is 0 Å². The van der Waals surface area contributed by atoms with Gasteiger partial charge in [-0.3, -0.25) is 4.90 Å². The second kappa shape index (κ2) is 6.23. The van der Waals surface area contributed by atoms with Crippen LogP contribution in [0.3, 0.4) is 0 Å². The maximum absolute atomic E-state index is 9.39. The van der Waals surface area contributed by atoms with Crippen LogP contribution in [0.2, 0.25) is 0 Å². The van der Waals surface area contributed by atoms with Crippen LogP contribution in [0.1, 0.15) is 12.5 Å². The molecule has 1 unspecified atom stereocenters. The summed E-state index contributed by atoms with van der Waals surface area (Å²) >= 11 is 3.31. The van der Waals surface area contributed by atoms with Gasteiger partial charge >= 0.3 is 0 Å². The van der Waals surface area contributed by atoms with Gasteiger partial charge in [0, 0.05) is 19.7 Å². The summed E-state index contributed by atoms with van der Waals surface area (Å²) in [6.07, 6.45) is 0.